The molecular formula is C24H19F3N4O2S. The number of nitrogens with zero attached hydrogens (tertiary/aromatic N) is 4. The van der Waals surface area contributed by atoms with Crippen molar-refractivity contribution in [2.24, 2.45) is 0 Å². The van der Waals surface area contributed by atoms with Crippen molar-refractivity contribution in [1.82, 2.24) is 15.0 Å². The van der Waals surface area contributed by atoms with Gasteiger partial charge in [-0.15, -0.1) is 0 Å². The van der Waals surface area contributed by atoms with Crippen LogP contribution in [0.4, 0.5) is 24.5 Å². The van der Waals surface area contributed by atoms with Gasteiger partial charge in [0.15, 0.2) is 9.84 Å². The highest BCUT2D eigenvalue weighted by atomic mass is 32.2. The molecule has 3 aromatic heterocycles. The number of hydrogen-bond acceptors (Lipinski definition) is 6. The monoisotopic (exact) mass is 484 g/mol. The molecule has 0 fully saturated rings. The van der Waals surface area contributed by atoms with Gasteiger partial charge in [0.05, 0.1) is 22.8 Å². The molecule has 0 aliphatic heterocycles. The van der Waals surface area contributed by atoms with Crippen LogP contribution in [0, 0.1) is 0 Å². The van der Waals surface area contributed by atoms with Crippen molar-refractivity contribution in [1.29, 1.82) is 0 Å². The number of hydrogen-bond donors (Lipinski definition) is 0. The Balaban J connectivity index is 1.92. The van der Waals surface area contributed by atoms with E-state index in [9.17, 15) is 21.6 Å². The lowest BCUT2D eigenvalue weighted by atomic mass is 9.98. The molecule has 0 bridgehead atoms. The third kappa shape index (κ3) is 5.07. The van der Waals surface area contributed by atoms with Gasteiger partial charge in [-0.25, -0.2) is 13.4 Å². The molecule has 0 atom stereocenters. The molecule has 4 rings (SSSR count). The van der Waals surface area contributed by atoms with Crippen LogP contribution in [0.25, 0.3) is 0 Å². The molecule has 0 N–H and O–H groups in total. The molecule has 0 unspecified atom stereocenters. The Kier molecular flexibility index (Phi) is 6.34. The Bertz CT molecular complexity index is 1310. The van der Waals surface area contributed by atoms with Crippen molar-refractivity contribution >= 4 is 21.2 Å². The zero-order valence-corrected chi connectivity index (χ0v) is 18.7. The summed E-state index contributed by atoms with van der Waals surface area (Å²) in [5.41, 5.74) is 1.41. The first-order chi connectivity index (χ1) is 16.1. The maximum Gasteiger partial charge on any atom is 0.433 e. The molecule has 4 aromatic rings. The first-order valence-corrected chi connectivity index (χ1v) is 12.0. The normalized spacial score (nSPS) is 12.0. The highest BCUT2D eigenvalue weighted by Gasteiger charge is 2.33. The summed E-state index contributed by atoms with van der Waals surface area (Å²) >= 11 is 0. The number of benzene rings is 1. The van der Waals surface area contributed by atoms with Crippen molar-refractivity contribution in [2.75, 3.05) is 11.2 Å². The predicted octanol–water partition coefficient (Wildman–Crippen LogP) is 5.22. The van der Waals surface area contributed by atoms with Crippen LogP contribution in [0.15, 0.2) is 96.5 Å². The number of aromatic nitrogens is 3. The maximum absolute atomic E-state index is 13.1. The SMILES string of the molecule is CS(=O)(=O)c1ccc(N(c2ccc(C(F)(F)F)nc2)C(c2cccnc2)c2cccnc2)cc1. The number of halogens is 3. The van der Waals surface area contributed by atoms with E-state index in [-0.39, 0.29) is 4.90 Å². The molecule has 0 spiro atoms. The molecule has 10 heteroatoms. The second-order valence-corrected chi connectivity index (χ2v) is 9.53. The highest BCUT2D eigenvalue weighted by molar-refractivity contribution is 7.90. The minimum Gasteiger partial charge on any atom is -0.328 e. The van der Waals surface area contributed by atoms with Gasteiger partial charge in [-0.3, -0.25) is 9.97 Å². The number of pyridine rings is 3. The highest BCUT2D eigenvalue weighted by Crippen LogP contribution is 2.39. The van der Waals surface area contributed by atoms with Gasteiger partial charge in [0, 0.05) is 36.7 Å². The molecule has 0 radical (unpaired) electrons. The topological polar surface area (TPSA) is 76.1 Å². The summed E-state index contributed by atoms with van der Waals surface area (Å²) in [6.07, 6.45) is 4.23. The van der Waals surface area contributed by atoms with Gasteiger partial charge in [0.25, 0.3) is 0 Å². The smallest absolute Gasteiger partial charge is 0.328 e. The van der Waals surface area contributed by atoms with Crippen LogP contribution in [-0.4, -0.2) is 29.6 Å². The fraction of sp³-hybridized carbons (Fsp3) is 0.125. The van der Waals surface area contributed by atoms with E-state index in [1.807, 2.05) is 12.1 Å². The molecule has 0 aliphatic rings. The first-order valence-electron chi connectivity index (χ1n) is 10.1. The Morgan fingerprint density at radius 3 is 1.76 bits per heavy atom. The Labute approximate surface area is 194 Å². The van der Waals surface area contributed by atoms with E-state index in [4.69, 9.17) is 0 Å². The van der Waals surface area contributed by atoms with Crippen LogP contribution in [-0.2, 0) is 16.0 Å². The summed E-state index contributed by atoms with van der Waals surface area (Å²) in [6, 6.07) is 15.0. The van der Waals surface area contributed by atoms with E-state index in [1.54, 1.807) is 54.0 Å². The first kappa shape index (κ1) is 23.4. The molecule has 1 aromatic carbocycles. The van der Waals surface area contributed by atoms with E-state index in [0.29, 0.717) is 11.4 Å². The molecular weight excluding hydrogens is 465 g/mol. The summed E-state index contributed by atoms with van der Waals surface area (Å²) in [7, 11) is -3.43. The average Bonchev–Trinajstić information content (AvgIpc) is 2.83. The third-order valence-electron chi connectivity index (χ3n) is 5.12. The lowest BCUT2D eigenvalue weighted by Gasteiger charge is -2.34. The van der Waals surface area contributed by atoms with Crippen molar-refractivity contribution in [2.45, 2.75) is 17.1 Å². The lowest BCUT2D eigenvalue weighted by Crippen LogP contribution is -2.25. The van der Waals surface area contributed by atoms with Gasteiger partial charge >= 0.3 is 6.18 Å². The summed E-state index contributed by atoms with van der Waals surface area (Å²) in [5, 5.41) is 0. The molecule has 0 amide bonds. The number of anilines is 2. The van der Waals surface area contributed by atoms with E-state index < -0.39 is 27.7 Å². The molecule has 34 heavy (non-hydrogen) atoms. The summed E-state index contributed by atoms with van der Waals surface area (Å²) in [5.74, 6) is 0. The molecule has 0 aliphatic carbocycles. The molecule has 174 valence electrons. The molecule has 6 nitrogen and oxygen atoms in total. The van der Waals surface area contributed by atoms with E-state index in [2.05, 4.69) is 15.0 Å². The average molecular weight is 485 g/mol. The van der Waals surface area contributed by atoms with Crippen LogP contribution < -0.4 is 4.90 Å². The van der Waals surface area contributed by atoms with Crippen LogP contribution >= 0.6 is 0 Å². The van der Waals surface area contributed by atoms with Gasteiger partial charge in [-0.1, -0.05) is 12.1 Å². The second-order valence-electron chi connectivity index (χ2n) is 7.51. The number of alkyl halides is 3. The van der Waals surface area contributed by atoms with Crippen molar-refractivity contribution in [3.63, 3.8) is 0 Å². The molecule has 3 heterocycles. The Morgan fingerprint density at radius 1 is 0.794 bits per heavy atom. The fourth-order valence-corrected chi connectivity index (χ4v) is 4.19. The Hall–Kier alpha value is -3.79. The van der Waals surface area contributed by atoms with Crippen LogP contribution in [0.5, 0.6) is 0 Å². The standard InChI is InChI=1S/C24H19F3N4O2S/c1-34(32,33)21-9-6-19(7-10-21)31(20-8-11-22(30-16-20)24(25,26)27)23(17-4-2-12-28-14-17)18-5-3-13-29-15-18/h2-16,23H,1H3. The minimum atomic E-state index is -4.58. The zero-order valence-electron chi connectivity index (χ0n) is 17.9. The second kappa shape index (κ2) is 9.22. The van der Waals surface area contributed by atoms with E-state index >= 15 is 0 Å². The van der Waals surface area contributed by atoms with Crippen LogP contribution in [0.3, 0.4) is 0 Å². The van der Waals surface area contributed by atoms with Gasteiger partial charge in [-0.05, 0) is 59.7 Å². The van der Waals surface area contributed by atoms with Crippen molar-refractivity contribution < 1.29 is 21.6 Å². The largest absolute Gasteiger partial charge is 0.433 e. The fourth-order valence-electron chi connectivity index (χ4n) is 3.56. The quantitative estimate of drug-likeness (QED) is 0.374. The number of sulfone groups is 1. The Morgan fingerprint density at radius 2 is 1.35 bits per heavy atom. The van der Waals surface area contributed by atoms with Gasteiger partial charge in [-0.2, -0.15) is 13.2 Å². The maximum atomic E-state index is 13.1. The third-order valence-corrected chi connectivity index (χ3v) is 6.25. The summed E-state index contributed by atoms with van der Waals surface area (Å²) in [6.45, 7) is 0. The van der Waals surface area contributed by atoms with Gasteiger partial charge in [0.1, 0.15) is 5.69 Å². The van der Waals surface area contributed by atoms with Crippen molar-refractivity contribution in [3.8, 4) is 0 Å². The minimum absolute atomic E-state index is 0.126. The van der Waals surface area contributed by atoms with E-state index in [1.165, 1.54) is 18.2 Å². The van der Waals surface area contributed by atoms with Gasteiger partial charge < -0.3 is 4.90 Å². The summed E-state index contributed by atoms with van der Waals surface area (Å²) in [4.78, 5) is 13.9. The van der Waals surface area contributed by atoms with Gasteiger partial charge in [0.2, 0.25) is 0 Å². The predicted molar refractivity (Wildman–Crippen MR) is 121 cm³/mol. The molecule has 0 saturated carbocycles. The number of rotatable bonds is 6. The van der Waals surface area contributed by atoms with Crippen LogP contribution in [0.1, 0.15) is 22.9 Å². The zero-order chi connectivity index (χ0) is 24.3. The van der Waals surface area contributed by atoms with Crippen molar-refractivity contribution in [3.05, 3.63) is 108 Å². The summed E-state index contributed by atoms with van der Waals surface area (Å²) < 4.78 is 63.3. The van der Waals surface area contributed by atoms with E-state index in [0.717, 1.165) is 29.6 Å². The lowest BCUT2D eigenvalue weighted by molar-refractivity contribution is -0.141. The van der Waals surface area contributed by atoms with Crippen LogP contribution in [0.2, 0.25) is 0 Å². The molecule has 0 saturated heterocycles.